The predicted octanol–water partition coefficient (Wildman–Crippen LogP) is 2.63. The molecule has 0 aliphatic rings. The lowest BCUT2D eigenvalue weighted by Gasteiger charge is -2.41. The number of hydrogen-bond donors (Lipinski definition) is 0. The highest BCUT2D eigenvalue weighted by Crippen LogP contribution is 2.27. The highest BCUT2D eigenvalue weighted by Gasteiger charge is 2.31. The van der Waals surface area contributed by atoms with Crippen molar-refractivity contribution in [2.24, 2.45) is 0 Å². The Kier molecular flexibility index (Phi) is 4.90. The van der Waals surface area contributed by atoms with Crippen molar-refractivity contribution in [3.8, 4) is 0 Å². The highest BCUT2D eigenvalue weighted by molar-refractivity contribution is 6.66. The van der Waals surface area contributed by atoms with Crippen LogP contribution < -0.4 is 0 Å². The third kappa shape index (κ3) is 3.96. The van der Waals surface area contributed by atoms with Crippen molar-refractivity contribution >= 4 is 19.2 Å². The van der Waals surface area contributed by atoms with Crippen LogP contribution in [0.5, 0.6) is 0 Å². The number of nitrogens with zero attached hydrogens (tertiary/aromatic N) is 1. The summed E-state index contributed by atoms with van der Waals surface area (Å²) in [6.07, 6.45) is 0. The van der Waals surface area contributed by atoms with E-state index < -0.39 is 8.96 Å². The maximum atomic E-state index is 3.84. The van der Waals surface area contributed by atoms with Gasteiger partial charge in [0.05, 0.1) is 0 Å². The van der Waals surface area contributed by atoms with Crippen molar-refractivity contribution in [2.45, 2.75) is 64.8 Å². The summed E-state index contributed by atoms with van der Waals surface area (Å²) in [5.41, 5.74) is 0. The van der Waals surface area contributed by atoms with Crippen LogP contribution >= 0.6 is 0 Å². The van der Waals surface area contributed by atoms with Gasteiger partial charge in [-0.1, -0.05) is 48.1 Å². The van der Waals surface area contributed by atoms with Crippen LogP contribution in [0.2, 0.25) is 11.2 Å². The minimum absolute atomic E-state index is 0.277. The maximum Gasteiger partial charge on any atom is 0.136 e. The molecule has 0 fully saturated rings. The molecule has 0 aromatic carbocycles. The van der Waals surface area contributed by atoms with Crippen LogP contribution in [0.15, 0.2) is 0 Å². The van der Waals surface area contributed by atoms with E-state index >= 15 is 0 Å². The molecule has 0 aliphatic carbocycles. The molecular formula is C10H23NSi2. The second kappa shape index (κ2) is 4.76. The summed E-state index contributed by atoms with van der Waals surface area (Å²) in [5, 5.41) is 0. The van der Waals surface area contributed by atoms with Crippen molar-refractivity contribution in [3.05, 3.63) is 0 Å². The molecule has 0 aromatic rings. The first-order valence-corrected chi connectivity index (χ1v) is 7.50. The molecule has 0 saturated carbocycles. The van der Waals surface area contributed by atoms with Crippen LogP contribution in [0, 0.1) is 0 Å². The van der Waals surface area contributed by atoms with Gasteiger partial charge in [-0.3, -0.25) is 0 Å². The maximum absolute atomic E-state index is 3.84. The van der Waals surface area contributed by atoms with Gasteiger partial charge in [0.2, 0.25) is 0 Å². The average Bonchev–Trinajstić information content (AvgIpc) is 1.82. The number of rotatable bonds is 4. The van der Waals surface area contributed by atoms with Gasteiger partial charge in [-0.15, -0.1) is 0 Å². The van der Waals surface area contributed by atoms with Crippen molar-refractivity contribution in [1.82, 2.24) is 4.57 Å². The van der Waals surface area contributed by atoms with E-state index in [1.54, 1.807) is 0 Å². The second-order valence-corrected chi connectivity index (χ2v) is 9.49. The first-order chi connectivity index (χ1) is 5.68. The molecule has 0 saturated heterocycles. The molecule has 13 heavy (non-hydrogen) atoms. The molecular weight excluding hydrogens is 190 g/mol. The lowest BCUT2D eigenvalue weighted by Crippen LogP contribution is -2.51. The van der Waals surface area contributed by atoms with Gasteiger partial charge in [0.15, 0.2) is 0 Å². The van der Waals surface area contributed by atoms with Crippen LogP contribution in [-0.2, 0) is 0 Å². The molecule has 0 unspecified atom stereocenters. The van der Waals surface area contributed by atoms with Gasteiger partial charge >= 0.3 is 0 Å². The van der Waals surface area contributed by atoms with Gasteiger partial charge in [0.25, 0.3) is 0 Å². The molecule has 0 spiro atoms. The van der Waals surface area contributed by atoms with Gasteiger partial charge < -0.3 is 4.57 Å². The Morgan fingerprint density at radius 1 is 1.08 bits per heavy atom. The lowest BCUT2D eigenvalue weighted by molar-refractivity contribution is 0.298. The van der Waals surface area contributed by atoms with E-state index in [4.69, 9.17) is 0 Å². The third-order valence-electron chi connectivity index (χ3n) is 2.40. The first kappa shape index (κ1) is 13.4. The van der Waals surface area contributed by atoms with Gasteiger partial charge in [0, 0.05) is 10.2 Å². The lowest BCUT2D eigenvalue weighted by atomic mass is 10.3. The fraction of sp³-hybridized carbons (Fsp3) is 1.00. The summed E-state index contributed by atoms with van der Waals surface area (Å²) in [4.78, 5) is 0. The molecule has 4 radical (unpaired) electrons. The van der Waals surface area contributed by atoms with Crippen LogP contribution in [0.3, 0.4) is 0 Å². The fourth-order valence-electron chi connectivity index (χ4n) is 1.69. The van der Waals surface area contributed by atoms with Crippen molar-refractivity contribution in [2.75, 3.05) is 0 Å². The quantitative estimate of drug-likeness (QED) is 0.649. The fourth-order valence-corrected chi connectivity index (χ4v) is 4.28. The van der Waals surface area contributed by atoms with E-state index in [9.17, 15) is 0 Å². The smallest absolute Gasteiger partial charge is 0.136 e. The SMILES string of the molecule is CC(C)N(C(C)C)[Si](C)C(C)(C)[Si]. The Morgan fingerprint density at radius 3 is 1.46 bits per heavy atom. The third-order valence-corrected chi connectivity index (χ3v) is 7.11. The summed E-state index contributed by atoms with van der Waals surface area (Å²) < 4.78 is 2.91. The zero-order valence-electron chi connectivity index (χ0n) is 10.1. The van der Waals surface area contributed by atoms with E-state index in [0.29, 0.717) is 12.1 Å². The molecule has 0 aliphatic heterocycles. The molecule has 0 heterocycles. The normalized spacial score (nSPS) is 13.8. The Bertz CT molecular complexity index is 141. The topological polar surface area (TPSA) is 3.24 Å². The van der Waals surface area contributed by atoms with Crippen LogP contribution in [0.4, 0.5) is 0 Å². The van der Waals surface area contributed by atoms with Crippen molar-refractivity contribution in [1.29, 1.82) is 0 Å². The Hall–Kier alpha value is 0.394. The van der Waals surface area contributed by atoms with E-state index in [2.05, 4.69) is 62.9 Å². The molecule has 76 valence electrons. The molecule has 0 N–H and O–H groups in total. The summed E-state index contributed by atoms with van der Waals surface area (Å²) in [5.74, 6) is 0. The largest absolute Gasteiger partial charge is 0.320 e. The van der Waals surface area contributed by atoms with Gasteiger partial charge in [-0.25, -0.2) is 0 Å². The van der Waals surface area contributed by atoms with Crippen LogP contribution in [0.1, 0.15) is 41.5 Å². The van der Waals surface area contributed by atoms with E-state index in [0.717, 1.165) is 0 Å². The molecule has 0 atom stereocenters. The zero-order valence-corrected chi connectivity index (χ0v) is 12.1. The predicted molar refractivity (Wildman–Crippen MR) is 63.5 cm³/mol. The molecule has 0 rings (SSSR count). The minimum Gasteiger partial charge on any atom is -0.320 e. The first-order valence-electron chi connectivity index (χ1n) is 5.05. The average molecular weight is 213 g/mol. The molecule has 0 bridgehead atoms. The summed E-state index contributed by atoms with van der Waals surface area (Å²) in [6.45, 7) is 16.1. The van der Waals surface area contributed by atoms with Gasteiger partial charge in [-0.05, 0) is 16.7 Å². The molecule has 1 nitrogen and oxygen atoms in total. The van der Waals surface area contributed by atoms with E-state index in [1.807, 2.05) is 0 Å². The molecule has 3 heteroatoms. The Morgan fingerprint density at radius 2 is 1.38 bits per heavy atom. The van der Waals surface area contributed by atoms with Gasteiger partial charge in [-0.2, -0.15) is 0 Å². The summed E-state index contributed by atoms with van der Waals surface area (Å²) in [6, 6.07) is 1.30. The Balaban J connectivity index is 4.56. The van der Waals surface area contributed by atoms with Crippen LogP contribution in [-0.4, -0.2) is 35.8 Å². The van der Waals surface area contributed by atoms with Gasteiger partial charge in [0.1, 0.15) is 8.96 Å². The molecule has 0 aromatic heterocycles. The van der Waals surface area contributed by atoms with E-state index in [1.165, 1.54) is 0 Å². The van der Waals surface area contributed by atoms with Crippen molar-refractivity contribution in [3.63, 3.8) is 0 Å². The highest BCUT2D eigenvalue weighted by atomic mass is 28.3. The minimum atomic E-state index is -0.496. The standard InChI is InChI=1S/C10H23NSi2/c1-8(2)11(9(3)4)13(7)10(5,6)12/h8-9H,1-7H3. The van der Waals surface area contributed by atoms with Crippen molar-refractivity contribution < 1.29 is 0 Å². The second-order valence-electron chi connectivity index (χ2n) is 4.81. The summed E-state index contributed by atoms with van der Waals surface area (Å²) in [7, 11) is 3.34. The van der Waals surface area contributed by atoms with E-state index in [-0.39, 0.29) is 4.66 Å². The molecule has 0 amide bonds. The zero-order chi connectivity index (χ0) is 10.8. The number of hydrogen-bond acceptors (Lipinski definition) is 1. The Labute approximate surface area is 89.0 Å². The monoisotopic (exact) mass is 213 g/mol. The van der Waals surface area contributed by atoms with Crippen LogP contribution in [0.25, 0.3) is 0 Å². The summed E-state index contributed by atoms with van der Waals surface area (Å²) >= 11 is 0.